The third kappa shape index (κ3) is 2.97. The summed E-state index contributed by atoms with van der Waals surface area (Å²) < 4.78 is 1.75. The van der Waals surface area contributed by atoms with E-state index in [1.807, 2.05) is 19.2 Å². The SMILES string of the molecule is Cc1cc(C[C@@H]2CN(Cc3ccn4ncnc4c3)C[C@H]2O)n[nH]1. The van der Waals surface area contributed by atoms with Crippen molar-refractivity contribution in [2.24, 2.45) is 5.92 Å². The third-order valence-electron chi connectivity index (χ3n) is 4.46. The van der Waals surface area contributed by atoms with E-state index in [-0.39, 0.29) is 12.0 Å². The maximum atomic E-state index is 10.3. The minimum Gasteiger partial charge on any atom is -0.391 e. The first-order valence-electron chi connectivity index (χ1n) is 7.87. The first-order chi connectivity index (χ1) is 11.2. The second-order valence-corrected chi connectivity index (χ2v) is 6.37. The molecule has 4 heterocycles. The van der Waals surface area contributed by atoms with Crippen molar-refractivity contribution in [3.8, 4) is 0 Å². The van der Waals surface area contributed by atoms with E-state index in [4.69, 9.17) is 0 Å². The number of rotatable bonds is 4. The molecule has 0 aliphatic carbocycles. The van der Waals surface area contributed by atoms with Gasteiger partial charge < -0.3 is 5.11 Å². The molecule has 7 nitrogen and oxygen atoms in total. The van der Waals surface area contributed by atoms with Crippen LogP contribution in [0, 0.1) is 12.8 Å². The van der Waals surface area contributed by atoms with Crippen LogP contribution in [0.15, 0.2) is 30.7 Å². The van der Waals surface area contributed by atoms with E-state index in [0.717, 1.165) is 36.5 Å². The summed E-state index contributed by atoms with van der Waals surface area (Å²) in [5, 5.41) is 21.7. The topological polar surface area (TPSA) is 82.3 Å². The molecular formula is C16H20N6O. The summed E-state index contributed by atoms with van der Waals surface area (Å²) in [5.41, 5.74) is 4.13. The Bertz CT molecular complexity index is 810. The molecule has 1 aliphatic rings. The summed E-state index contributed by atoms with van der Waals surface area (Å²) in [6.07, 6.45) is 3.99. The van der Waals surface area contributed by atoms with E-state index in [2.05, 4.69) is 37.3 Å². The minimum atomic E-state index is -0.302. The fourth-order valence-corrected chi connectivity index (χ4v) is 3.33. The highest BCUT2D eigenvalue weighted by Gasteiger charge is 2.31. The molecule has 0 spiro atoms. The van der Waals surface area contributed by atoms with Gasteiger partial charge in [0.25, 0.3) is 0 Å². The van der Waals surface area contributed by atoms with Gasteiger partial charge in [0.2, 0.25) is 0 Å². The molecular weight excluding hydrogens is 292 g/mol. The van der Waals surface area contributed by atoms with E-state index in [9.17, 15) is 5.11 Å². The second-order valence-electron chi connectivity index (χ2n) is 6.37. The van der Waals surface area contributed by atoms with Crippen LogP contribution in [0.5, 0.6) is 0 Å². The van der Waals surface area contributed by atoms with Crippen molar-refractivity contribution in [2.75, 3.05) is 13.1 Å². The quantitative estimate of drug-likeness (QED) is 0.744. The highest BCUT2D eigenvalue weighted by Crippen LogP contribution is 2.23. The molecule has 23 heavy (non-hydrogen) atoms. The molecule has 1 fully saturated rings. The molecule has 7 heteroatoms. The molecule has 2 atom stereocenters. The monoisotopic (exact) mass is 312 g/mol. The van der Waals surface area contributed by atoms with Gasteiger partial charge in [0.05, 0.1) is 11.8 Å². The van der Waals surface area contributed by atoms with Crippen LogP contribution < -0.4 is 0 Å². The standard InChI is InChI=1S/C16H20N6O/c1-11-4-14(20-19-11)6-13-8-21(9-15(13)23)7-12-2-3-22-16(5-12)17-10-18-22/h2-5,10,13,15,23H,6-9H2,1H3,(H,19,20)/t13-,15-/m1/s1. The van der Waals surface area contributed by atoms with Gasteiger partial charge in [-0.25, -0.2) is 9.50 Å². The van der Waals surface area contributed by atoms with Gasteiger partial charge in [0.1, 0.15) is 6.33 Å². The Morgan fingerprint density at radius 3 is 3.09 bits per heavy atom. The number of aromatic nitrogens is 5. The van der Waals surface area contributed by atoms with Crippen LogP contribution in [0.1, 0.15) is 17.0 Å². The molecule has 0 unspecified atom stereocenters. The van der Waals surface area contributed by atoms with Crippen molar-refractivity contribution in [1.82, 2.24) is 29.7 Å². The molecule has 4 rings (SSSR count). The van der Waals surface area contributed by atoms with Crippen molar-refractivity contribution in [1.29, 1.82) is 0 Å². The number of β-amino-alcohol motifs (C(OH)–C–C–N with tert-alkyl or cyclic N) is 1. The highest BCUT2D eigenvalue weighted by molar-refractivity contribution is 5.39. The van der Waals surface area contributed by atoms with Crippen LogP contribution >= 0.6 is 0 Å². The summed E-state index contributed by atoms with van der Waals surface area (Å²) in [6.45, 7) is 4.39. The molecule has 0 aromatic carbocycles. The van der Waals surface area contributed by atoms with Crippen molar-refractivity contribution < 1.29 is 5.11 Å². The fourth-order valence-electron chi connectivity index (χ4n) is 3.33. The number of nitrogens with zero attached hydrogens (tertiary/aromatic N) is 5. The van der Waals surface area contributed by atoms with E-state index < -0.39 is 0 Å². The number of likely N-dealkylation sites (tertiary alicyclic amines) is 1. The van der Waals surface area contributed by atoms with Gasteiger partial charge in [-0.2, -0.15) is 10.2 Å². The Kier molecular flexibility index (Phi) is 3.59. The molecule has 3 aromatic heterocycles. The summed E-state index contributed by atoms with van der Waals surface area (Å²) in [6, 6.07) is 6.15. The van der Waals surface area contributed by atoms with Crippen molar-refractivity contribution >= 4 is 5.65 Å². The largest absolute Gasteiger partial charge is 0.391 e. The van der Waals surface area contributed by atoms with E-state index >= 15 is 0 Å². The smallest absolute Gasteiger partial charge is 0.155 e. The number of hydrogen-bond acceptors (Lipinski definition) is 5. The lowest BCUT2D eigenvalue weighted by molar-refractivity contribution is 0.140. The number of fused-ring (bicyclic) bond motifs is 1. The molecule has 2 N–H and O–H groups in total. The Labute approximate surface area is 134 Å². The molecule has 120 valence electrons. The second kappa shape index (κ2) is 5.75. The number of aliphatic hydroxyl groups is 1. The van der Waals surface area contributed by atoms with Crippen molar-refractivity contribution in [2.45, 2.75) is 26.0 Å². The van der Waals surface area contributed by atoms with E-state index in [1.165, 1.54) is 5.56 Å². The highest BCUT2D eigenvalue weighted by atomic mass is 16.3. The average Bonchev–Trinajstić information content (AvgIpc) is 3.21. The number of H-pyrrole nitrogens is 1. The number of aryl methyl sites for hydroxylation is 1. The van der Waals surface area contributed by atoms with Crippen LogP contribution in [-0.4, -0.2) is 54.0 Å². The van der Waals surface area contributed by atoms with Gasteiger partial charge in [-0.05, 0) is 37.1 Å². The Balaban J connectivity index is 1.42. The lowest BCUT2D eigenvalue weighted by Gasteiger charge is -2.15. The van der Waals surface area contributed by atoms with Gasteiger partial charge in [-0.1, -0.05) is 0 Å². The number of nitrogens with one attached hydrogen (secondary N) is 1. The van der Waals surface area contributed by atoms with Crippen LogP contribution in [0.25, 0.3) is 5.65 Å². The summed E-state index contributed by atoms with van der Waals surface area (Å²) in [5.74, 6) is 0.231. The maximum absolute atomic E-state index is 10.3. The van der Waals surface area contributed by atoms with Gasteiger partial charge >= 0.3 is 0 Å². The van der Waals surface area contributed by atoms with Gasteiger partial charge in [0.15, 0.2) is 5.65 Å². The summed E-state index contributed by atoms with van der Waals surface area (Å²) in [7, 11) is 0. The average molecular weight is 312 g/mol. The zero-order valence-corrected chi connectivity index (χ0v) is 13.1. The van der Waals surface area contributed by atoms with Crippen LogP contribution in [0.2, 0.25) is 0 Å². The normalized spacial score (nSPS) is 22.2. The lowest BCUT2D eigenvalue weighted by atomic mass is 10.0. The first-order valence-corrected chi connectivity index (χ1v) is 7.87. The summed E-state index contributed by atoms with van der Waals surface area (Å²) >= 11 is 0. The van der Waals surface area contributed by atoms with Crippen LogP contribution in [0.3, 0.4) is 0 Å². The number of aliphatic hydroxyl groups excluding tert-OH is 1. The lowest BCUT2D eigenvalue weighted by Crippen LogP contribution is -2.21. The Hall–Kier alpha value is -2.25. The number of aromatic amines is 1. The minimum absolute atomic E-state index is 0.231. The molecule has 0 saturated carbocycles. The maximum Gasteiger partial charge on any atom is 0.155 e. The Morgan fingerprint density at radius 1 is 1.35 bits per heavy atom. The fraction of sp³-hybridized carbons (Fsp3) is 0.438. The molecule has 0 radical (unpaired) electrons. The van der Waals surface area contributed by atoms with Crippen LogP contribution in [0.4, 0.5) is 0 Å². The molecule has 1 saturated heterocycles. The van der Waals surface area contributed by atoms with Gasteiger partial charge in [0, 0.05) is 37.4 Å². The van der Waals surface area contributed by atoms with Gasteiger partial charge in [-0.15, -0.1) is 0 Å². The third-order valence-corrected chi connectivity index (χ3v) is 4.46. The number of hydrogen-bond donors (Lipinski definition) is 2. The number of pyridine rings is 1. The van der Waals surface area contributed by atoms with Gasteiger partial charge in [-0.3, -0.25) is 10.00 Å². The van der Waals surface area contributed by atoms with Crippen molar-refractivity contribution in [3.05, 3.63) is 47.7 Å². The predicted molar refractivity (Wildman–Crippen MR) is 84.8 cm³/mol. The first kappa shape index (κ1) is 14.3. The van der Waals surface area contributed by atoms with Crippen LogP contribution in [-0.2, 0) is 13.0 Å². The molecule has 3 aromatic rings. The Morgan fingerprint density at radius 2 is 2.26 bits per heavy atom. The molecule has 1 aliphatic heterocycles. The molecule has 0 bridgehead atoms. The van der Waals surface area contributed by atoms with E-state index in [1.54, 1.807) is 10.8 Å². The zero-order chi connectivity index (χ0) is 15.8. The zero-order valence-electron chi connectivity index (χ0n) is 13.1. The molecule has 0 amide bonds. The van der Waals surface area contributed by atoms with E-state index in [0.29, 0.717) is 6.54 Å². The predicted octanol–water partition coefficient (Wildman–Crippen LogP) is 0.796. The summed E-state index contributed by atoms with van der Waals surface area (Å²) in [4.78, 5) is 6.50. The van der Waals surface area contributed by atoms with Crippen molar-refractivity contribution in [3.63, 3.8) is 0 Å².